The molecule has 0 atom stereocenters. The third-order valence-electron chi connectivity index (χ3n) is 2.99. The maximum absolute atomic E-state index is 5.72. The average Bonchev–Trinajstić information content (AvgIpc) is 2.63. The van der Waals surface area contributed by atoms with Crippen LogP contribution in [0.4, 0.5) is 5.69 Å². The number of benzene rings is 1. The van der Waals surface area contributed by atoms with Crippen LogP contribution in [0.3, 0.4) is 0 Å². The lowest BCUT2D eigenvalue weighted by molar-refractivity contribution is 0.288. The quantitative estimate of drug-likeness (QED) is 0.785. The van der Waals surface area contributed by atoms with Gasteiger partial charge in [0.25, 0.3) is 0 Å². The van der Waals surface area contributed by atoms with Crippen LogP contribution in [0.2, 0.25) is 0 Å². The Morgan fingerprint density at radius 1 is 1.31 bits per heavy atom. The minimum Gasteiger partial charge on any atom is -0.492 e. The summed E-state index contributed by atoms with van der Waals surface area (Å²) in [4.78, 5) is 0. The third kappa shape index (κ3) is 1.37. The predicted molar refractivity (Wildman–Crippen MR) is 60.8 cm³/mol. The number of hydrogen-bond donors (Lipinski definition) is 1. The van der Waals surface area contributed by atoms with E-state index in [4.69, 9.17) is 14.2 Å². The van der Waals surface area contributed by atoms with Crippen molar-refractivity contribution in [3.8, 4) is 17.2 Å². The zero-order chi connectivity index (χ0) is 11.0. The normalized spacial score (nSPS) is 17.3. The van der Waals surface area contributed by atoms with Gasteiger partial charge in [0.15, 0.2) is 11.5 Å². The fourth-order valence-corrected chi connectivity index (χ4v) is 2.26. The molecule has 4 nitrogen and oxygen atoms in total. The molecule has 0 bridgehead atoms. The highest BCUT2D eigenvalue weighted by molar-refractivity contribution is 5.71. The first-order chi connectivity index (χ1) is 7.90. The summed E-state index contributed by atoms with van der Waals surface area (Å²) in [5, 5.41) is 3.33. The maximum Gasteiger partial charge on any atom is 0.204 e. The van der Waals surface area contributed by atoms with Gasteiger partial charge in [0.1, 0.15) is 0 Å². The molecule has 0 fully saturated rings. The molecule has 16 heavy (non-hydrogen) atoms. The first kappa shape index (κ1) is 9.63. The second-order valence-corrected chi connectivity index (χ2v) is 3.99. The molecule has 3 rings (SSSR count). The van der Waals surface area contributed by atoms with Crippen LogP contribution in [0.5, 0.6) is 17.2 Å². The van der Waals surface area contributed by atoms with Crippen LogP contribution in [0.25, 0.3) is 0 Å². The van der Waals surface area contributed by atoms with Gasteiger partial charge in [-0.25, -0.2) is 0 Å². The number of hydrogen-bond acceptors (Lipinski definition) is 4. The minimum absolute atomic E-state index is 0.690. The first-order valence-electron chi connectivity index (χ1n) is 5.63. The second kappa shape index (κ2) is 3.77. The van der Waals surface area contributed by atoms with Gasteiger partial charge in [-0.3, -0.25) is 0 Å². The first-order valence-corrected chi connectivity index (χ1v) is 5.63. The Bertz CT molecular complexity index is 417. The number of ether oxygens (including phenoxy) is 3. The number of rotatable bonds is 1. The summed E-state index contributed by atoms with van der Waals surface area (Å²) in [6.45, 7) is 2.35. The Morgan fingerprint density at radius 2 is 2.19 bits per heavy atom. The van der Waals surface area contributed by atoms with Crippen molar-refractivity contribution >= 4 is 5.69 Å². The van der Waals surface area contributed by atoms with E-state index in [9.17, 15) is 0 Å². The topological polar surface area (TPSA) is 39.7 Å². The molecule has 0 saturated carbocycles. The summed E-state index contributed by atoms with van der Waals surface area (Å²) in [6, 6.07) is 2.02. The predicted octanol–water partition coefficient (Wildman–Crippen LogP) is 1.82. The molecular weight excluding hydrogens is 206 g/mol. The molecule has 0 saturated heterocycles. The Labute approximate surface area is 94.5 Å². The van der Waals surface area contributed by atoms with Crippen molar-refractivity contribution in [2.24, 2.45) is 0 Å². The van der Waals surface area contributed by atoms with E-state index in [1.807, 2.05) is 6.07 Å². The van der Waals surface area contributed by atoms with Gasteiger partial charge in [-0.15, -0.1) is 0 Å². The Morgan fingerprint density at radius 3 is 3.06 bits per heavy atom. The van der Waals surface area contributed by atoms with Crippen molar-refractivity contribution in [2.75, 3.05) is 32.2 Å². The zero-order valence-electron chi connectivity index (χ0n) is 9.34. The van der Waals surface area contributed by atoms with Gasteiger partial charge in [-0.1, -0.05) is 0 Å². The van der Waals surface area contributed by atoms with Gasteiger partial charge < -0.3 is 19.5 Å². The van der Waals surface area contributed by atoms with Crippen molar-refractivity contribution in [3.63, 3.8) is 0 Å². The Balaban J connectivity index is 2.15. The Hall–Kier alpha value is -1.58. The molecule has 0 amide bonds. The van der Waals surface area contributed by atoms with Crippen LogP contribution in [-0.2, 0) is 6.42 Å². The summed E-state index contributed by atoms with van der Waals surface area (Å²) in [5.41, 5.74) is 2.31. The largest absolute Gasteiger partial charge is 0.492 e. The standard InChI is InChI=1S/C12H15NO3/c1-14-11-8-3-4-13-9(8)7-10-12(11)16-6-2-5-15-10/h7,13H,2-6H2,1H3. The lowest BCUT2D eigenvalue weighted by Crippen LogP contribution is -1.99. The van der Waals surface area contributed by atoms with E-state index in [-0.39, 0.29) is 0 Å². The molecule has 86 valence electrons. The van der Waals surface area contributed by atoms with Crippen LogP contribution in [-0.4, -0.2) is 26.9 Å². The fraction of sp³-hybridized carbons (Fsp3) is 0.500. The zero-order valence-corrected chi connectivity index (χ0v) is 9.34. The SMILES string of the molecule is COc1c2c(cc3c1OCCCO3)NCC2. The number of methoxy groups -OCH3 is 1. The highest BCUT2D eigenvalue weighted by atomic mass is 16.5. The van der Waals surface area contributed by atoms with E-state index in [2.05, 4.69) is 5.32 Å². The summed E-state index contributed by atoms with van der Waals surface area (Å²) in [5.74, 6) is 2.39. The van der Waals surface area contributed by atoms with Gasteiger partial charge >= 0.3 is 0 Å². The van der Waals surface area contributed by atoms with Crippen LogP contribution < -0.4 is 19.5 Å². The maximum atomic E-state index is 5.72. The number of anilines is 1. The van der Waals surface area contributed by atoms with E-state index in [0.29, 0.717) is 13.2 Å². The molecule has 0 spiro atoms. The summed E-state index contributed by atoms with van der Waals surface area (Å²) >= 11 is 0. The van der Waals surface area contributed by atoms with Crippen molar-refractivity contribution < 1.29 is 14.2 Å². The highest BCUT2D eigenvalue weighted by Gasteiger charge is 2.25. The molecule has 1 N–H and O–H groups in total. The third-order valence-corrected chi connectivity index (χ3v) is 2.99. The van der Waals surface area contributed by atoms with E-state index in [0.717, 1.165) is 42.3 Å². The molecule has 2 aliphatic rings. The van der Waals surface area contributed by atoms with Gasteiger partial charge in [-0.05, 0) is 6.42 Å². The van der Waals surface area contributed by atoms with Crippen LogP contribution >= 0.6 is 0 Å². The molecule has 1 aromatic carbocycles. The number of nitrogens with one attached hydrogen (secondary N) is 1. The van der Waals surface area contributed by atoms with Gasteiger partial charge in [0.05, 0.1) is 20.3 Å². The molecule has 0 unspecified atom stereocenters. The van der Waals surface area contributed by atoms with Gasteiger partial charge in [-0.2, -0.15) is 0 Å². The molecule has 2 heterocycles. The molecule has 1 aromatic rings. The molecule has 0 radical (unpaired) electrons. The van der Waals surface area contributed by atoms with E-state index >= 15 is 0 Å². The van der Waals surface area contributed by atoms with Crippen molar-refractivity contribution in [1.29, 1.82) is 0 Å². The monoisotopic (exact) mass is 221 g/mol. The van der Waals surface area contributed by atoms with Gasteiger partial charge in [0.2, 0.25) is 5.75 Å². The van der Waals surface area contributed by atoms with Gasteiger partial charge in [0, 0.05) is 30.3 Å². The summed E-state index contributed by atoms with van der Waals surface area (Å²) in [6.07, 6.45) is 1.89. The summed E-state index contributed by atoms with van der Waals surface area (Å²) < 4.78 is 16.9. The molecule has 0 aliphatic carbocycles. The fourth-order valence-electron chi connectivity index (χ4n) is 2.26. The van der Waals surface area contributed by atoms with Crippen LogP contribution in [0, 0.1) is 0 Å². The minimum atomic E-state index is 0.690. The van der Waals surface area contributed by atoms with E-state index in [1.165, 1.54) is 5.56 Å². The molecule has 2 aliphatic heterocycles. The van der Waals surface area contributed by atoms with Crippen LogP contribution in [0.15, 0.2) is 6.07 Å². The molecular formula is C12H15NO3. The Kier molecular flexibility index (Phi) is 2.27. The molecule has 0 aromatic heterocycles. The highest BCUT2D eigenvalue weighted by Crippen LogP contribution is 2.46. The van der Waals surface area contributed by atoms with Crippen molar-refractivity contribution in [3.05, 3.63) is 11.6 Å². The van der Waals surface area contributed by atoms with Crippen LogP contribution in [0.1, 0.15) is 12.0 Å². The van der Waals surface area contributed by atoms with E-state index in [1.54, 1.807) is 7.11 Å². The lowest BCUT2D eigenvalue weighted by Gasteiger charge is -2.15. The lowest BCUT2D eigenvalue weighted by atomic mass is 10.1. The van der Waals surface area contributed by atoms with Crippen molar-refractivity contribution in [1.82, 2.24) is 0 Å². The summed E-state index contributed by atoms with van der Waals surface area (Å²) in [7, 11) is 1.68. The molecule has 4 heteroatoms. The van der Waals surface area contributed by atoms with Crippen molar-refractivity contribution in [2.45, 2.75) is 12.8 Å². The smallest absolute Gasteiger partial charge is 0.204 e. The van der Waals surface area contributed by atoms with E-state index < -0.39 is 0 Å². The number of fused-ring (bicyclic) bond motifs is 2. The average molecular weight is 221 g/mol. The second-order valence-electron chi connectivity index (χ2n) is 3.99.